The number of carbonyl (C=O) groups is 3. The maximum Gasteiger partial charge on any atom is 0.338 e. The first-order valence-corrected chi connectivity index (χ1v) is 9.34. The quantitative estimate of drug-likeness (QED) is 0.379. The first-order chi connectivity index (χ1) is 12.9. The summed E-state index contributed by atoms with van der Waals surface area (Å²) in [6.45, 7) is 2.38. The van der Waals surface area contributed by atoms with Gasteiger partial charge in [-0.25, -0.2) is 9.69 Å². The van der Waals surface area contributed by atoms with Crippen molar-refractivity contribution >= 4 is 46.7 Å². The van der Waals surface area contributed by atoms with E-state index in [0.29, 0.717) is 11.6 Å². The van der Waals surface area contributed by atoms with E-state index in [1.807, 2.05) is 0 Å². The number of fused-ring (bicyclic) bond motifs is 1. The van der Waals surface area contributed by atoms with Crippen molar-refractivity contribution in [2.75, 3.05) is 11.5 Å². The average molecular weight is 406 g/mol. The number of ether oxygens (including phenoxy) is 1. The van der Waals surface area contributed by atoms with E-state index < -0.39 is 17.8 Å². The summed E-state index contributed by atoms with van der Waals surface area (Å²) in [5, 5.41) is 0.576. The smallest absolute Gasteiger partial charge is 0.338 e. The van der Waals surface area contributed by atoms with Crippen molar-refractivity contribution in [3.63, 3.8) is 0 Å². The molecule has 0 radical (unpaired) electrons. The van der Waals surface area contributed by atoms with E-state index in [4.69, 9.17) is 27.9 Å². The Labute approximate surface area is 166 Å². The van der Waals surface area contributed by atoms with Gasteiger partial charge in [-0.15, -0.1) is 0 Å². The molecule has 0 atom stereocenters. The number of rotatable bonds is 6. The normalized spacial score (nSPS) is 13.1. The summed E-state index contributed by atoms with van der Waals surface area (Å²) in [5.74, 6) is -1.59. The Morgan fingerprint density at radius 2 is 1.74 bits per heavy atom. The zero-order chi connectivity index (χ0) is 19.6. The lowest BCUT2D eigenvalue weighted by atomic mass is 10.1. The highest BCUT2D eigenvalue weighted by Crippen LogP contribution is 2.35. The van der Waals surface area contributed by atoms with Crippen LogP contribution in [0.15, 0.2) is 36.4 Å². The Bertz CT molecular complexity index is 926. The van der Waals surface area contributed by atoms with Crippen LogP contribution in [0.5, 0.6) is 0 Å². The van der Waals surface area contributed by atoms with Crippen LogP contribution in [0.25, 0.3) is 0 Å². The van der Waals surface area contributed by atoms with Crippen LogP contribution in [0.2, 0.25) is 10.0 Å². The maximum absolute atomic E-state index is 12.8. The molecule has 1 aliphatic heterocycles. The van der Waals surface area contributed by atoms with E-state index in [2.05, 4.69) is 6.92 Å². The third-order valence-corrected chi connectivity index (χ3v) is 4.81. The molecule has 0 spiro atoms. The van der Waals surface area contributed by atoms with E-state index in [9.17, 15) is 14.4 Å². The van der Waals surface area contributed by atoms with Gasteiger partial charge in [-0.3, -0.25) is 9.59 Å². The number of nitrogens with zero attached hydrogens (tertiary/aromatic N) is 1. The predicted molar refractivity (Wildman–Crippen MR) is 104 cm³/mol. The molecule has 1 heterocycles. The van der Waals surface area contributed by atoms with Gasteiger partial charge in [0.1, 0.15) is 0 Å². The van der Waals surface area contributed by atoms with Crippen molar-refractivity contribution in [3.05, 3.63) is 63.1 Å². The molecule has 0 bridgehead atoms. The third-order valence-electron chi connectivity index (χ3n) is 4.25. The van der Waals surface area contributed by atoms with Gasteiger partial charge in [-0.1, -0.05) is 43.0 Å². The van der Waals surface area contributed by atoms with Crippen molar-refractivity contribution in [1.29, 1.82) is 0 Å². The van der Waals surface area contributed by atoms with E-state index in [0.717, 1.165) is 24.2 Å². The molecule has 27 heavy (non-hydrogen) atoms. The Hall–Kier alpha value is -2.37. The van der Waals surface area contributed by atoms with Crippen molar-refractivity contribution in [2.45, 2.75) is 26.2 Å². The van der Waals surface area contributed by atoms with Crippen LogP contribution >= 0.6 is 23.2 Å². The van der Waals surface area contributed by atoms with Gasteiger partial charge in [0.05, 0.1) is 34.0 Å². The summed E-state index contributed by atoms with van der Waals surface area (Å²) >= 11 is 12.1. The summed E-state index contributed by atoms with van der Waals surface area (Å²) in [7, 11) is 0. The number of hydrogen-bond donors (Lipinski definition) is 0. The number of anilines is 1. The number of imide groups is 1. The number of hydrogen-bond acceptors (Lipinski definition) is 4. The van der Waals surface area contributed by atoms with Crippen LogP contribution in [-0.2, 0) is 4.74 Å². The molecule has 3 rings (SSSR count). The number of amides is 2. The lowest BCUT2D eigenvalue weighted by Gasteiger charge is -2.15. The van der Waals surface area contributed by atoms with Gasteiger partial charge >= 0.3 is 5.97 Å². The highest BCUT2D eigenvalue weighted by Gasteiger charge is 2.38. The van der Waals surface area contributed by atoms with Gasteiger partial charge in [-0.05, 0) is 42.8 Å². The van der Waals surface area contributed by atoms with Crippen LogP contribution in [0.4, 0.5) is 5.69 Å². The molecule has 0 aliphatic carbocycles. The summed E-state index contributed by atoms with van der Waals surface area (Å²) in [5.41, 5.74) is 0.780. The summed E-state index contributed by atoms with van der Waals surface area (Å²) < 4.78 is 5.21. The lowest BCUT2D eigenvalue weighted by molar-refractivity contribution is 0.0498. The van der Waals surface area contributed by atoms with Gasteiger partial charge in [0.25, 0.3) is 11.8 Å². The molecule has 0 unspecified atom stereocenters. The highest BCUT2D eigenvalue weighted by molar-refractivity contribution is 6.41. The topological polar surface area (TPSA) is 63.7 Å². The van der Waals surface area contributed by atoms with E-state index in [-0.39, 0.29) is 27.4 Å². The zero-order valence-corrected chi connectivity index (χ0v) is 16.1. The Kier molecular flexibility index (Phi) is 5.82. The molecule has 0 fully saturated rings. The fraction of sp³-hybridized carbons (Fsp3) is 0.250. The fourth-order valence-electron chi connectivity index (χ4n) is 2.84. The van der Waals surface area contributed by atoms with Gasteiger partial charge < -0.3 is 4.74 Å². The minimum Gasteiger partial charge on any atom is -0.462 e. The fourth-order valence-corrected chi connectivity index (χ4v) is 3.21. The lowest BCUT2D eigenvalue weighted by Crippen LogP contribution is -2.29. The first-order valence-electron chi connectivity index (χ1n) is 8.59. The van der Waals surface area contributed by atoms with Crippen molar-refractivity contribution in [1.82, 2.24) is 0 Å². The van der Waals surface area contributed by atoms with Crippen molar-refractivity contribution < 1.29 is 19.1 Å². The molecule has 7 heteroatoms. The van der Waals surface area contributed by atoms with E-state index >= 15 is 0 Å². The molecule has 5 nitrogen and oxygen atoms in total. The Balaban J connectivity index is 1.86. The predicted octanol–water partition coefficient (Wildman–Crippen LogP) is 5.14. The highest BCUT2D eigenvalue weighted by atomic mass is 35.5. The van der Waals surface area contributed by atoms with Gasteiger partial charge in [0, 0.05) is 5.02 Å². The van der Waals surface area contributed by atoms with Gasteiger partial charge in [-0.2, -0.15) is 0 Å². The van der Waals surface area contributed by atoms with Crippen molar-refractivity contribution in [2.24, 2.45) is 0 Å². The summed E-state index contributed by atoms with van der Waals surface area (Å²) in [6.07, 6.45) is 2.78. The van der Waals surface area contributed by atoms with E-state index in [1.54, 1.807) is 6.07 Å². The Morgan fingerprint density at radius 3 is 2.48 bits per heavy atom. The molecule has 0 N–H and O–H groups in total. The molecule has 0 aromatic heterocycles. The van der Waals surface area contributed by atoms with Crippen LogP contribution in [0, 0.1) is 0 Å². The Morgan fingerprint density at radius 1 is 1.00 bits per heavy atom. The van der Waals surface area contributed by atoms with Crippen LogP contribution in [-0.4, -0.2) is 24.4 Å². The molecule has 1 aliphatic rings. The largest absolute Gasteiger partial charge is 0.462 e. The molecular weight excluding hydrogens is 389 g/mol. The second-order valence-corrected chi connectivity index (χ2v) is 6.99. The molecule has 0 saturated carbocycles. The molecule has 140 valence electrons. The summed E-state index contributed by atoms with van der Waals surface area (Å²) in [4.78, 5) is 38.6. The number of carbonyl (C=O) groups excluding carboxylic acids is 3. The maximum atomic E-state index is 12.8. The standard InChI is InChI=1S/C20H17Cl2NO4/c1-2-3-4-9-27-20(26)12-5-7-14-15(10-12)19(25)23(18(14)24)17-11-13(21)6-8-16(17)22/h5-8,10-11H,2-4,9H2,1H3. The minimum atomic E-state index is -0.556. The molecular formula is C20H17Cl2NO4. The molecule has 2 amide bonds. The average Bonchev–Trinajstić information content (AvgIpc) is 2.91. The minimum absolute atomic E-state index is 0.138. The second-order valence-electron chi connectivity index (χ2n) is 6.14. The van der Waals surface area contributed by atoms with E-state index in [1.165, 1.54) is 30.3 Å². The van der Waals surface area contributed by atoms with Crippen molar-refractivity contribution in [3.8, 4) is 0 Å². The second kappa shape index (κ2) is 8.11. The number of esters is 1. The van der Waals surface area contributed by atoms with Gasteiger partial charge in [0.15, 0.2) is 0 Å². The SMILES string of the molecule is CCCCCOC(=O)c1ccc2c(c1)C(=O)N(c1cc(Cl)ccc1Cl)C2=O. The molecule has 2 aromatic carbocycles. The van der Waals surface area contributed by atoms with Crippen LogP contribution in [0.1, 0.15) is 57.3 Å². The van der Waals surface area contributed by atoms with Gasteiger partial charge in [0.2, 0.25) is 0 Å². The molecule has 0 saturated heterocycles. The number of unbranched alkanes of at least 4 members (excludes halogenated alkanes) is 2. The zero-order valence-electron chi connectivity index (χ0n) is 14.6. The third kappa shape index (κ3) is 3.84. The van der Waals surface area contributed by atoms with Crippen LogP contribution < -0.4 is 4.90 Å². The molecule has 2 aromatic rings. The number of benzene rings is 2. The number of halogens is 2. The summed E-state index contributed by atoms with van der Waals surface area (Å²) in [6, 6.07) is 8.86. The van der Waals surface area contributed by atoms with Crippen LogP contribution in [0.3, 0.4) is 0 Å². The monoisotopic (exact) mass is 405 g/mol. The first kappa shape index (κ1) is 19.4.